The fraction of sp³-hybridized carbons (Fsp3) is 0.500. The van der Waals surface area contributed by atoms with Crippen molar-refractivity contribution in [2.45, 2.75) is 81.6 Å². The van der Waals surface area contributed by atoms with E-state index in [1.54, 1.807) is 22.0 Å². The molecule has 6 atom stereocenters. The van der Waals surface area contributed by atoms with E-state index in [9.17, 15) is 39.3 Å². The molecule has 3 aromatic rings. The Morgan fingerprint density at radius 2 is 0.849 bits per heavy atom. The number of aromatic nitrogens is 6. The van der Waals surface area contributed by atoms with Crippen molar-refractivity contribution < 1.29 is 33.9 Å². The molecule has 380 valence electrons. The minimum absolute atomic E-state index is 0.0133. The molecule has 0 saturated carbocycles. The zero-order valence-electron chi connectivity index (χ0n) is 42.8. The number of nitrogens with one attached hydrogen (secondary N) is 1. The molecule has 73 heavy (non-hydrogen) atoms. The van der Waals surface area contributed by atoms with Crippen LogP contribution in [0.3, 0.4) is 0 Å². The van der Waals surface area contributed by atoms with E-state index in [0.29, 0.717) is 48.8 Å². The Labute approximate surface area is 425 Å². The fourth-order valence-corrected chi connectivity index (χ4v) is 12.4. The summed E-state index contributed by atoms with van der Waals surface area (Å²) in [5, 5.41) is 39.3. The van der Waals surface area contributed by atoms with E-state index in [0.717, 1.165) is 32.4 Å². The van der Waals surface area contributed by atoms with Gasteiger partial charge in [0.05, 0.1) is 33.4 Å². The molecule has 19 heteroatoms. The van der Waals surface area contributed by atoms with Gasteiger partial charge in [-0.05, 0) is 43.6 Å². The van der Waals surface area contributed by atoms with Crippen molar-refractivity contribution in [1.82, 2.24) is 45.0 Å². The molecular formula is C54H62N12O7. The van der Waals surface area contributed by atoms with Crippen molar-refractivity contribution in [3.8, 4) is 18.2 Å². The number of hydrogen-bond acceptors (Lipinski definition) is 16. The van der Waals surface area contributed by atoms with Gasteiger partial charge in [-0.15, -0.1) is 0 Å². The Hall–Kier alpha value is -7.69. The van der Waals surface area contributed by atoms with Crippen LogP contribution in [0.25, 0.3) is 0 Å². The molecule has 19 nitrogen and oxygen atoms in total. The number of rotatable bonds is 3. The molecule has 3 saturated heterocycles. The summed E-state index contributed by atoms with van der Waals surface area (Å²) in [5.41, 5.74) is -0.684. The number of amides is 2. The molecule has 0 bridgehead atoms. The summed E-state index contributed by atoms with van der Waals surface area (Å²) in [4.78, 5) is 98.9. The van der Waals surface area contributed by atoms with Crippen molar-refractivity contribution in [1.29, 1.82) is 15.8 Å². The largest absolute Gasteiger partial charge is 0.478 e. The van der Waals surface area contributed by atoms with E-state index in [2.05, 4.69) is 48.2 Å². The second-order valence-corrected chi connectivity index (χ2v) is 22.0. The Morgan fingerprint density at radius 1 is 0.534 bits per heavy atom. The average Bonchev–Trinajstić information content (AvgIpc) is 3.38. The third-order valence-corrected chi connectivity index (χ3v) is 15.8. The third-order valence-electron chi connectivity index (χ3n) is 15.8. The van der Waals surface area contributed by atoms with E-state index in [-0.39, 0.29) is 63.1 Å². The highest BCUT2D eigenvalue weighted by Crippen LogP contribution is 2.54. The van der Waals surface area contributed by atoms with Gasteiger partial charge in [-0.3, -0.25) is 24.0 Å². The molecule has 3 aliphatic carbocycles. The highest BCUT2D eigenvalue weighted by Gasteiger charge is 2.56. The van der Waals surface area contributed by atoms with Gasteiger partial charge in [0.25, 0.3) is 11.8 Å². The maximum Gasteiger partial charge on any atom is 0.338 e. The third kappa shape index (κ3) is 10.9. The van der Waals surface area contributed by atoms with Crippen LogP contribution < -0.4 is 5.32 Å². The number of Topliss-reactive ketones (excluding diaryl/α,β-unsaturated/α-hetero) is 3. The molecule has 3 fully saturated rings. The molecule has 9 rings (SSSR count). The highest BCUT2D eigenvalue weighted by molar-refractivity contribution is 6.05. The number of aromatic carboxylic acids is 1. The first kappa shape index (κ1) is 54.6. The lowest BCUT2D eigenvalue weighted by molar-refractivity contribution is -0.132. The number of piperidine rings is 3. The topological polar surface area (TPSA) is 290 Å². The Morgan fingerprint density at radius 3 is 1.16 bits per heavy atom. The van der Waals surface area contributed by atoms with Gasteiger partial charge in [0.2, 0.25) is 0 Å². The summed E-state index contributed by atoms with van der Waals surface area (Å²) in [6.07, 6.45) is 20.5. The molecule has 6 aliphatic rings. The molecule has 0 radical (unpaired) electrons. The second-order valence-electron chi connectivity index (χ2n) is 22.0. The molecule has 0 aromatic carbocycles. The van der Waals surface area contributed by atoms with Crippen LogP contribution >= 0.6 is 0 Å². The van der Waals surface area contributed by atoms with E-state index in [1.807, 2.05) is 73.6 Å². The van der Waals surface area contributed by atoms with Crippen molar-refractivity contribution in [2.24, 2.45) is 50.2 Å². The van der Waals surface area contributed by atoms with Crippen molar-refractivity contribution in [2.75, 3.05) is 39.3 Å². The van der Waals surface area contributed by atoms with Crippen LogP contribution in [0.15, 0.2) is 91.1 Å². The maximum atomic E-state index is 12.7. The van der Waals surface area contributed by atoms with Crippen molar-refractivity contribution in [3.63, 3.8) is 0 Å². The van der Waals surface area contributed by atoms with Crippen LogP contribution in [-0.2, 0) is 14.4 Å². The van der Waals surface area contributed by atoms with Crippen LogP contribution in [0.4, 0.5) is 0 Å². The van der Waals surface area contributed by atoms with Crippen LogP contribution in [0.5, 0.6) is 0 Å². The summed E-state index contributed by atoms with van der Waals surface area (Å²) < 4.78 is 0. The van der Waals surface area contributed by atoms with Crippen LogP contribution in [0.1, 0.15) is 113 Å². The Kier molecular flexibility index (Phi) is 15.9. The van der Waals surface area contributed by atoms with Gasteiger partial charge in [0, 0.05) is 102 Å². The standard InChI is InChI=1S/2C18H20N4O2.C13H18N2O.C5H4N2O2/c2*1-17(2)14-4-5-22(16(24)13-8-20-11-21-9-13)10-18(14,3)6-12(7-19)15(17)23;1-12(2)10-4-5-15-8-13(10,3)6-9(7-14)11(12)16;8-5(9)4-1-6-3-7-2-4/h2*6,8-9,11,14H,4-5,10H2,1-3H3;6,10,15H,4-5,8H2,1-3H3;1-3H,(H,8,9)/t2*14-,18+;10-,13+;/m100./s1. The maximum absolute atomic E-state index is 12.7. The summed E-state index contributed by atoms with van der Waals surface area (Å²) in [6, 6.07) is 6.11. The normalized spacial score (nSPS) is 28.1. The summed E-state index contributed by atoms with van der Waals surface area (Å²) in [6.45, 7) is 21.8. The molecule has 0 unspecified atom stereocenters. The Balaban J connectivity index is 0.000000167. The molecular weight excluding hydrogens is 929 g/mol. The second kappa shape index (κ2) is 21.2. The number of ketones is 3. The van der Waals surface area contributed by atoms with Crippen LogP contribution in [0, 0.1) is 84.2 Å². The first-order valence-electron chi connectivity index (χ1n) is 24.1. The zero-order valence-corrected chi connectivity index (χ0v) is 42.8. The minimum atomic E-state index is -1.00. The number of allylic oxidation sites excluding steroid dienone is 3. The van der Waals surface area contributed by atoms with E-state index in [4.69, 9.17) is 10.4 Å². The van der Waals surface area contributed by atoms with Gasteiger partial charge in [-0.25, -0.2) is 34.7 Å². The number of nitriles is 3. The monoisotopic (exact) mass is 990 g/mol. The first-order chi connectivity index (χ1) is 34.3. The lowest BCUT2D eigenvalue weighted by Crippen LogP contribution is -2.56. The smallest absolute Gasteiger partial charge is 0.338 e. The van der Waals surface area contributed by atoms with E-state index in [1.165, 1.54) is 56.2 Å². The van der Waals surface area contributed by atoms with Crippen LogP contribution in [-0.4, -0.2) is 119 Å². The predicted molar refractivity (Wildman–Crippen MR) is 264 cm³/mol. The van der Waals surface area contributed by atoms with Gasteiger partial charge >= 0.3 is 5.97 Å². The molecule has 3 aromatic heterocycles. The molecule has 0 spiro atoms. The van der Waals surface area contributed by atoms with Crippen molar-refractivity contribution >= 4 is 35.1 Å². The average molecular weight is 991 g/mol. The quantitative estimate of drug-likeness (QED) is 0.311. The highest BCUT2D eigenvalue weighted by atomic mass is 16.4. The number of fused-ring (bicyclic) bond motifs is 3. The van der Waals surface area contributed by atoms with Crippen molar-refractivity contribution in [3.05, 3.63) is 108 Å². The number of hydrogen-bond donors (Lipinski definition) is 2. The minimum Gasteiger partial charge on any atom is -0.478 e. The summed E-state index contributed by atoms with van der Waals surface area (Å²) in [7, 11) is 0. The van der Waals surface area contributed by atoms with Gasteiger partial charge in [-0.1, -0.05) is 80.5 Å². The first-order valence-corrected chi connectivity index (χ1v) is 24.1. The van der Waals surface area contributed by atoms with Gasteiger partial charge < -0.3 is 20.2 Å². The van der Waals surface area contributed by atoms with Gasteiger partial charge in [0.15, 0.2) is 17.3 Å². The number of carbonyl (C=O) groups is 6. The number of likely N-dealkylation sites (tertiary alicyclic amines) is 2. The zero-order chi connectivity index (χ0) is 53.7. The molecule has 2 amide bonds. The summed E-state index contributed by atoms with van der Waals surface area (Å²) in [5.74, 6) is -0.863. The number of carboxylic acid groups (broad SMARTS) is 1. The lowest BCUT2D eigenvalue weighted by Gasteiger charge is -2.52. The number of carbonyl (C=O) groups excluding carboxylic acids is 5. The van der Waals surface area contributed by atoms with Gasteiger partial charge in [0.1, 0.15) is 37.2 Å². The number of carboxylic acids is 1. The Bertz CT molecular complexity index is 2750. The molecule has 3 aliphatic heterocycles. The SMILES string of the molecule is CC1(C)C(=O)C(C#N)=C[C@@]2(C)CN(C(=O)c3cncnc3)CC[C@H]12.CC1(C)C(=O)C(C#N)=C[C@]2(C)CN(C(=O)c3cncnc3)CC[C@@H]12.CC1(C)C(=O)C(C#N)=C[C@]2(C)CNCC[C@@H]12.O=C(O)c1cncnc1. The fourth-order valence-electron chi connectivity index (χ4n) is 12.4. The van der Waals surface area contributed by atoms with Gasteiger partial charge in [-0.2, -0.15) is 15.8 Å². The van der Waals surface area contributed by atoms with E-state index >= 15 is 0 Å². The van der Waals surface area contributed by atoms with E-state index < -0.39 is 33.0 Å². The van der Waals surface area contributed by atoms with Crippen LogP contribution in [0.2, 0.25) is 0 Å². The number of nitrogens with zero attached hydrogens (tertiary/aromatic N) is 11. The lowest BCUT2D eigenvalue weighted by atomic mass is 9.55. The summed E-state index contributed by atoms with van der Waals surface area (Å²) >= 11 is 0. The molecule has 2 N–H and O–H groups in total. The predicted octanol–water partition coefficient (Wildman–Crippen LogP) is 5.84. The molecule has 6 heterocycles.